The summed E-state index contributed by atoms with van der Waals surface area (Å²) in [6.45, 7) is 0.444. The zero-order chi connectivity index (χ0) is 16.9. The number of nitrogen functional groups attached to an aromatic ring is 1. The number of allylic oxidation sites excluding steroid dienone is 1. The van der Waals surface area contributed by atoms with Gasteiger partial charge in [-0.05, 0) is 6.07 Å². The molecule has 3 heterocycles. The lowest BCUT2D eigenvalue weighted by Gasteiger charge is -2.09. The molecule has 0 amide bonds. The van der Waals surface area contributed by atoms with Gasteiger partial charge in [-0.1, -0.05) is 0 Å². The molecule has 3 aromatic heterocycles. The molecule has 9 nitrogen and oxygen atoms in total. The maximum Gasteiger partial charge on any atom is 0.169 e. The molecule has 0 aliphatic carbocycles. The topological polar surface area (TPSA) is 130 Å². The zero-order valence-electron chi connectivity index (χ0n) is 13.1. The first-order valence-electron chi connectivity index (χ1n) is 7.25. The van der Waals surface area contributed by atoms with Crippen LogP contribution in [0.1, 0.15) is 11.4 Å². The van der Waals surface area contributed by atoms with Gasteiger partial charge in [0.05, 0.1) is 30.3 Å². The summed E-state index contributed by atoms with van der Waals surface area (Å²) in [7, 11) is 1.76. The van der Waals surface area contributed by atoms with E-state index in [1.165, 1.54) is 12.4 Å². The monoisotopic (exact) mass is 323 g/mol. The Hall–Kier alpha value is -3.49. The lowest BCUT2D eigenvalue weighted by Crippen LogP contribution is -2.09. The Morgan fingerprint density at radius 1 is 1.38 bits per heavy atom. The van der Waals surface area contributed by atoms with E-state index in [0.29, 0.717) is 23.6 Å². The Bertz CT molecular complexity index is 897. The van der Waals surface area contributed by atoms with Gasteiger partial charge in [0.2, 0.25) is 0 Å². The second-order valence-electron chi connectivity index (χ2n) is 4.93. The molecule has 0 atom stereocenters. The number of nitrogens with one attached hydrogen (secondary N) is 3. The van der Waals surface area contributed by atoms with Crippen molar-refractivity contribution in [1.82, 2.24) is 29.9 Å². The van der Waals surface area contributed by atoms with Gasteiger partial charge in [-0.3, -0.25) is 0 Å². The molecule has 0 aromatic carbocycles. The fourth-order valence-electron chi connectivity index (χ4n) is 2.14. The number of anilines is 2. The minimum Gasteiger partial charge on any atom is -0.393 e. The highest BCUT2D eigenvalue weighted by atomic mass is 15.2. The summed E-state index contributed by atoms with van der Waals surface area (Å²) in [4.78, 5) is 13.0. The van der Waals surface area contributed by atoms with Crippen molar-refractivity contribution in [3.8, 4) is 0 Å². The lowest BCUT2D eigenvalue weighted by molar-refractivity contribution is 0.912. The maximum absolute atomic E-state index is 7.45. The van der Waals surface area contributed by atoms with Crippen LogP contribution in [0.15, 0.2) is 36.9 Å². The maximum atomic E-state index is 7.45. The first kappa shape index (κ1) is 15.4. The van der Waals surface area contributed by atoms with Gasteiger partial charge in [-0.25, -0.2) is 19.5 Å². The van der Waals surface area contributed by atoms with E-state index in [4.69, 9.17) is 11.1 Å². The molecule has 0 radical (unpaired) electrons. The molecule has 3 rings (SSSR count). The van der Waals surface area contributed by atoms with Crippen molar-refractivity contribution in [2.45, 2.75) is 6.54 Å². The lowest BCUT2D eigenvalue weighted by atomic mass is 10.2. The normalized spacial score (nSPS) is 11.5. The van der Waals surface area contributed by atoms with E-state index in [-0.39, 0.29) is 5.82 Å². The molecule has 0 unspecified atom stereocenters. The number of nitrogens with two attached hydrogens (primary N) is 1. The third-order valence-electron chi connectivity index (χ3n) is 3.30. The smallest absolute Gasteiger partial charge is 0.169 e. The second kappa shape index (κ2) is 6.73. The summed E-state index contributed by atoms with van der Waals surface area (Å²) < 4.78 is 1.69. The molecule has 0 saturated heterocycles. The van der Waals surface area contributed by atoms with Crippen LogP contribution in [0.5, 0.6) is 0 Å². The van der Waals surface area contributed by atoms with E-state index in [2.05, 4.69) is 30.7 Å². The molecule has 0 bridgehead atoms. The number of nitrogens with zero attached hydrogens (tertiary/aromatic N) is 5. The summed E-state index contributed by atoms with van der Waals surface area (Å²) in [6, 6.07) is 3.70. The van der Waals surface area contributed by atoms with E-state index in [1.807, 2.05) is 18.3 Å². The summed E-state index contributed by atoms with van der Waals surface area (Å²) in [5.41, 5.74) is 8.63. The van der Waals surface area contributed by atoms with Crippen LogP contribution in [-0.4, -0.2) is 37.8 Å². The highest BCUT2D eigenvalue weighted by molar-refractivity contribution is 6.07. The Labute approximate surface area is 138 Å². The number of hydrogen-bond acceptors (Lipinski definition) is 8. The Kier molecular flexibility index (Phi) is 4.32. The molecule has 3 aromatic rings. The summed E-state index contributed by atoms with van der Waals surface area (Å²) in [5, 5.41) is 17.6. The van der Waals surface area contributed by atoms with E-state index >= 15 is 0 Å². The molecule has 0 aliphatic rings. The summed E-state index contributed by atoms with van der Waals surface area (Å²) in [5.74, 6) is 0.740. The van der Waals surface area contributed by atoms with Gasteiger partial charge in [-0.15, -0.1) is 0 Å². The standard InChI is InChI=1S/C15H17N9/c1-18-7-10(6-16)12-9-19-14(17)15(23-12)20-8-11-3-5-24-13(22-11)2-4-21-24/h2-7,9,16,18H,8H2,1H3,(H2,17,19)(H,20,23)/b10-7+,16-6?. The van der Waals surface area contributed by atoms with E-state index < -0.39 is 0 Å². The van der Waals surface area contributed by atoms with Gasteiger partial charge >= 0.3 is 0 Å². The fraction of sp³-hybridized carbons (Fsp3) is 0.133. The van der Waals surface area contributed by atoms with Gasteiger partial charge in [-0.2, -0.15) is 5.10 Å². The molecule has 9 heteroatoms. The van der Waals surface area contributed by atoms with Crippen molar-refractivity contribution in [2.75, 3.05) is 18.1 Å². The third-order valence-corrected chi connectivity index (χ3v) is 3.30. The summed E-state index contributed by atoms with van der Waals surface area (Å²) in [6.07, 6.45) is 7.94. The molecule has 5 N–H and O–H groups in total. The molecule has 0 spiro atoms. The Morgan fingerprint density at radius 3 is 3.04 bits per heavy atom. The van der Waals surface area contributed by atoms with Crippen molar-refractivity contribution in [3.05, 3.63) is 48.3 Å². The minimum absolute atomic E-state index is 0.290. The average Bonchev–Trinajstić information content (AvgIpc) is 3.07. The second-order valence-corrected chi connectivity index (χ2v) is 4.93. The third kappa shape index (κ3) is 3.14. The van der Waals surface area contributed by atoms with Crippen LogP contribution in [0, 0.1) is 5.41 Å². The Balaban J connectivity index is 1.81. The number of rotatable bonds is 6. The zero-order valence-corrected chi connectivity index (χ0v) is 13.1. The van der Waals surface area contributed by atoms with Crippen molar-refractivity contribution >= 4 is 29.1 Å². The largest absolute Gasteiger partial charge is 0.393 e. The van der Waals surface area contributed by atoms with Gasteiger partial charge in [0.25, 0.3) is 0 Å². The SMILES string of the molecule is CN/C=C(\C=N)c1cnc(N)c(NCc2ccn3nccc3n2)n1. The van der Waals surface area contributed by atoms with Crippen LogP contribution in [0.25, 0.3) is 11.2 Å². The number of fused-ring (bicyclic) bond motifs is 1. The molecule has 0 aliphatic heterocycles. The van der Waals surface area contributed by atoms with Gasteiger partial charge in [0.1, 0.15) is 0 Å². The molecule has 24 heavy (non-hydrogen) atoms. The fourth-order valence-corrected chi connectivity index (χ4v) is 2.14. The van der Waals surface area contributed by atoms with Crippen molar-refractivity contribution in [2.24, 2.45) is 0 Å². The van der Waals surface area contributed by atoms with Crippen LogP contribution in [-0.2, 0) is 6.54 Å². The highest BCUT2D eigenvalue weighted by Crippen LogP contribution is 2.17. The van der Waals surface area contributed by atoms with Gasteiger partial charge in [0, 0.05) is 37.3 Å². The van der Waals surface area contributed by atoms with Crippen LogP contribution in [0.4, 0.5) is 11.6 Å². The van der Waals surface area contributed by atoms with Gasteiger partial charge in [0.15, 0.2) is 17.3 Å². The van der Waals surface area contributed by atoms with Gasteiger partial charge < -0.3 is 21.8 Å². The van der Waals surface area contributed by atoms with Crippen LogP contribution < -0.4 is 16.4 Å². The predicted molar refractivity (Wildman–Crippen MR) is 92.6 cm³/mol. The van der Waals surface area contributed by atoms with Crippen LogP contribution >= 0.6 is 0 Å². The van der Waals surface area contributed by atoms with E-state index in [0.717, 1.165) is 11.3 Å². The molecule has 122 valence electrons. The summed E-state index contributed by atoms with van der Waals surface area (Å²) >= 11 is 0. The first-order chi connectivity index (χ1) is 11.7. The van der Waals surface area contributed by atoms with Crippen molar-refractivity contribution < 1.29 is 0 Å². The molecular formula is C15H17N9. The van der Waals surface area contributed by atoms with Crippen LogP contribution in [0.3, 0.4) is 0 Å². The van der Waals surface area contributed by atoms with E-state index in [1.54, 1.807) is 24.0 Å². The molecule has 0 saturated carbocycles. The quantitative estimate of drug-likeness (QED) is 0.496. The number of hydrogen-bond donors (Lipinski definition) is 4. The Morgan fingerprint density at radius 2 is 2.25 bits per heavy atom. The average molecular weight is 323 g/mol. The minimum atomic E-state index is 0.290. The molecule has 0 fully saturated rings. The number of aromatic nitrogens is 5. The first-order valence-corrected chi connectivity index (χ1v) is 7.25. The van der Waals surface area contributed by atoms with Crippen molar-refractivity contribution in [1.29, 1.82) is 5.41 Å². The van der Waals surface area contributed by atoms with Crippen LogP contribution in [0.2, 0.25) is 0 Å². The predicted octanol–water partition coefficient (Wildman–Crippen LogP) is 0.923. The van der Waals surface area contributed by atoms with E-state index in [9.17, 15) is 0 Å². The highest BCUT2D eigenvalue weighted by Gasteiger charge is 2.08. The molecular weight excluding hydrogens is 306 g/mol. The van der Waals surface area contributed by atoms with Crippen molar-refractivity contribution in [3.63, 3.8) is 0 Å².